The van der Waals surface area contributed by atoms with E-state index in [2.05, 4.69) is 5.32 Å². The van der Waals surface area contributed by atoms with Crippen molar-refractivity contribution in [3.63, 3.8) is 0 Å². The molecule has 3 aromatic carbocycles. The Kier molecular flexibility index (Phi) is 8.72. The van der Waals surface area contributed by atoms with Gasteiger partial charge in [0.25, 0.3) is 10.0 Å². The van der Waals surface area contributed by atoms with E-state index in [9.17, 15) is 13.2 Å². The zero-order valence-electron chi connectivity index (χ0n) is 21.5. The summed E-state index contributed by atoms with van der Waals surface area (Å²) in [5.74, 6) is 1.02. The van der Waals surface area contributed by atoms with Gasteiger partial charge >= 0.3 is 0 Å². The van der Waals surface area contributed by atoms with Gasteiger partial charge in [-0.3, -0.25) is 9.10 Å². The van der Waals surface area contributed by atoms with Crippen molar-refractivity contribution < 1.29 is 36.9 Å². The molecule has 0 aliphatic heterocycles. The van der Waals surface area contributed by atoms with E-state index in [1.165, 1.54) is 59.8 Å². The van der Waals surface area contributed by atoms with Gasteiger partial charge in [0, 0.05) is 12.1 Å². The predicted molar refractivity (Wildman–Crippen MR) is 140 cm³/mol. The van der Waals surface area contributed by atoms with Crippen LogP contribution < -0.4 is 33.3 Å². The summed E-state index contributed by atoms with van der Waals surface area (Å²) < 4.78 is 55.5. The van der Waals surface area contributed by atoms with Gasteiger partial charge in [-0.25, -0.2) is 8.42 Å². The normalized spacial score (nSPS) is 10.9. The van der Waals surface area contributed by atoms with Gasteiger partial charge in [-0.05, 0) is 48.9 Å². The van der Waals surface area contributed by atoms with Crippen LogP contribution in [0.25, 0.3) is 0 Å². The average molecular weight is 531 g/mol. The molecule has 0 bridgehead atoms. The third-order valence-electron chi connectivity index (χ3n) is 5.51. The van der Waals surface area contributed by atoms with E-state index in [4.69, 9.17) is 23.7 Å². The first-order valence-corrected chi connectivity index (χ1v) is 12.5. The van der Waals surface area contributed by atoms with Crippen LogP contribution in [0.5, 0.6) is 28.7 Å². The maximum absolute atomic E-state index is 14.0. The standard InChI is InChI=1S/C26H30N2O8S/c1-17-7-10-22(33-3)20(13-17)27-26(29)16-28(21-14-18(32-2)8-11-23(21)34-4)37(30,31)19-9-12-24(35-5)25(15-19)36-6/h7-15H,16H2,1-6H3,(H,27,29). The van der Waals surface area contributed by atoms with Crippen molar-refractivity contribution in [1.82, 2.24) is 0 Å². The molecule has 0 saturated heterocycles. The van der Waals surface area contributed by atoms with E-state index in [-0.39, 0.29) is 22.1 Å². The smallest absolute Gasteiger partial charge is 0.265 e. The molecule has 3 rings (SSSR count). The lowest BCUT2D eigenvalue weighted by Crippen LogP contribution is -2.38. The largest absolute Gasteiger partial charge is 0.497 e. The molecule has 11 heteroatoms. The van der Waals surface area contributed by atoms with Crippen molar-refractivity contribution >= 4 is 27.3 Å². The van der Waals surface area contributed by atoms with Gasteiger partial charge in [-0.15, -0.1) is 0 Å². The summed E-state index contributed by atoms with van der Waals surface area (Å²) in [5.41, 5.74) is 1.41. The Balaban J connectivity index is 2.11. The van der Waals surface area contributed by atoms with Gasteiger partial charge < -0.3 is 29.0 Å². The number of carbonyl (C=O) groups is 1. The van der Waals surface area contributed by atoms with Gasteiger partial charge in [0.2, 0.25) is 5.91 Å². The minimum absolute atomic E-state index is 0.114. The number of carbonyl (C=O) groups excluding carboxylic acids is 1. The molecule has 0 spiro atoms. The summed E-state index contributed by atoms with van der Waals surface area (Å²) in [7, 11) is 2.88. The second kappa shape index (κ2) is 11.7. The Morgan fingerprint density at radius 2 is 1.38 bits per heavy atom. The van der Waals surface area contributed by atoms with Crippen molar-refractivity contribution in [2.24, 2.45) is 0 Å². The molecule has 0 saturated carbocycles. The number of sulfonamides is 1. The minimum Gasteiger partial charge on any atom is -0.497 e. The Morgan fingerprint density at radius 3 is 2.00 bits per heavy atom. The maximum Gasteiger partial charge on any atom is 0.265 e. The van der Waals surface area contributed by atoms with Crippen LogP contribution in [0.2, 0.25) is 0 Å². The first kappa shape index (κ1) is 27.5. The van der Waals surface area contributed by atoms with Crippen molar-refractivity contribution in [2.75, 3.05) is 51.7 Å². The summed E-state index contributed by atoms with van der Waals surface area (Å²) in [5, 5.41) is 2.75. The fourth-order valence-electron chi connectivity index (χ4n) is 3.64. The minimum atomic E-state index is -4.31. The molecule has 0 atom stereocenters. The van der Waals surface area contributed by atoms with Crippen molar-refractivity contribution in [2.45, 2.75) is 11.8 Å². The highest BCUT2D eigenvalue weighted by Gasteiger charge is 2.31. The van der Waals surface area contributed by atoms with Crippen molar-refractivity contribution in [3.05, 3.63) is 60.2 Å². The maximum atomic E-state index is 14.0. The Labute approximate surface area is 216 Å². The predicted octanol–water partition coefficient (Wildman–Crippen LogP) is 3.87. The third-order valence-corrected chi connectivity index (χ3v) is 7.27. The molecule has 3 aromatic rings. The number of methoxy groups -OCH3 is 5. The number of nitrogens with one attached hydrogen (secondary N) is 1. The van der Waals surface area contributed by atoms with Gasteiger partial charge in [0.05, 0.1) is 51.8 Å². The number of benzene rings is 3. The van der Waals surface area contributed by atoms with Crippen LogP contribution >= 0.6 is 0 Å². The zero-order valence-corrected chi connectivity index (χ0v) is 22.3. The molecule has 0 heterocycles. The molecule has 37 heavy (non-hydrogen) atoms. The number of rotatable bonds is 11. The van der Waals surface area contributed by atoms with Crippen LogP contribution in [0.3, 0.4) is 0 Å². The molecule has 0 aromatic heterocycles. The number of amides is 1. The van der Waals surface area contributed by atoms with Gasteiger partial charge in [-0.2, -0.15) is 0 Å². The number of hydrogen-bond donors (Lipinski definition) is 1. The second-order valence-electron chi connectivity index (χ2n) is 7.82. The highest BCUT2D eigenvalue weighted by molar-refractivity contribution is 7.92. The summed E-state index contributed by atoms with van der Waals surface area (Å²) >= 11 is 0. The number of aryl methyl sites for hydroxylation is 1. The molecule has 0 unspecified atom stereocenters. The van der Waals surface area contributed by atoms with Crippen LogP contribution in [-0.2, 0) is 14.8 Å². The van der Waals surface area contributed by atoms with E-state index in [0.29, 0.717) is 22.9 Å². The van der Waals surface area contributed by atoms with Gasteiger partial charge in [0.15, 0.2) is 11.5 Å². The van der Waals surface area contributed by atoms with E-state index in [1.807, 2.05) is 13.0 Å². The van der Waals surface area contributed by atoms with Crippen molar-refractivity contribution in [3.8, 4) is 28.7 Å². The van der Waals surface area contributed by atoms with E-state index in [0.717, 1.165) is 9.87 Å². The molecule has 198 valence electrons. The van der Waals surface area contributed by atoms with Gasteiger partial charge in [-0.1, -0.05) is 6.07 Å². The molecule has 0 fully saturated rings. The summed E-state index contributed by atoms with van der Waals surface area (Å²) in [6, 6.07) is 14.1. The lowest BCUT2D eigenvalue weighted by Gasteiger charge is -2.26. The fourth-order valence-corrected chi connectivity index (χ4v) is 5.07. The number of nitrogens with zero attached hydrogens (tertiary/aromatic N) is 1. The van der Waals surface area contributed by atoms with E-state index >= 15 is 0 Å². The first-order chi connectivity index (χ1) is 17.7. The lowest BCUT2D eigenvalue weighted by molar-refractivity contribution is -0.114. The fraction of sp³-hybridized carbons (Fsp3) is 0.269. The highest BCUT2D eigenvalue weighted by Crippen LogP contribution is 2.37. The monoisotopic (exact) mass is 530 g/mol. The van der Waals surface area contributed by atoms with Crippen LogP contribution in [0.15, 0.2) is 59.5 Å². The van der Waals surface area contributed by atoms with Crippen LogP contribution in [0.4, 0.5) is 11.4 Å². The SMILES string of the molecule is COc1ccc(OC)c(N(CC(=O)Nc2cc(C)ccc2OC)S(=O)(=O)c2ccc(OC)c(OC)c2)c1. The molecule has 1 N–H and O–H groups in total. The molecule has 0 aliphatic rings. The second-order valence-corrected chi connectivity index (χ2v) is 9.68. The summed E-state index contributed by atoms with van der Waals surface area (Å²) in [6.45, 7) is 1.29. The van der Waals surface area contributed by atoms with Gasteiger partial charge in [0.1, 0.15) is 23.8 Å². The molecule has 0 aliphatic carbocycles. The van der Waals surface area contributed by atoms with Crippen LogP contribution in [0.1, 0.15) is 5.56 Å². The Hall–Kier alpha value is -4.12. The third kappa shape index (κ3) is 6.00. The summed E-state index contributed by atoms with van der Waals surface area (Å²) in [6.07, 6.45) is 0. The Bertz CT molecular complexity index is 1370. The average Bonchev–Trinajstić information content (AvgIpc) is 2.90. The molecule has 1 amide bonds. The first-order valence-electron chi connectivity index (χ1n) is 11.1. The molecular formula is C26H30N2O8S. The quantitative estimate of drug-likeness (QED) is 0.398. The number of anilines is 2. The van der Waals surface area contributed by atoms with Crippen LogP contribution in [0, 0.1) is 6.92 Å². The molecule has 10 nitrogen and oxygen atoms in total. The highest BCUT2D eigenvalue weighted by atomic mass is 32.2. The Morgan fingerprint density at radius 1 is 0.757 bits per heavy atom. The van der Waals surface area contributed by atoms with Crippen LogP contribution in [-0.4, -0.2) is 56.4 Å². The zero-order chi connectivity index (χ0) is 27.2. The topological polar surface area (TPSA) is 113 Å². The summed E-state index contributed by atoms with van der Waals surface area (Å²) in [4.78, 5) is 13.1. The number of hydrogen-bond acceptors (Lipinski definition) is 8. The number of ether oxygens (including phenoxy) is 5. The molecular weight excluding hydrogens is 500 g/mol. The lowest BCUT2D eigenvalue weighted by atomic mass is 10.2. The van der Waals surface area contributed by atoms with Crippen molar-refractivity contribution in [1.29, 1.82) is 0 Å². The van der Waals surface area contributed by atoms with E-state index in [1.54, 1.807) is 24.3 Å². The van der Waals surface area contributed by atoms with E-state index < -0.39 is 22.5 Å². The molecule has 0 radical (unpaired) electrons.